The normalized spacial score (nSPS) is 11.4. The fourth-order valence-corrected chi connectivity index (χ4v) is 4.51. The molecule has 0 unspecified atom stereocenters. The molecule has 36 heavy (non-hydrogen) atoms. The number of hydrogen-bond acceptors (Lipinski definition) is 5. The maximum Gasteiger partial charge on any atom is 0.252 e. The van der Waals surface area contributed by atoms with E-state index in [0.29, 0.717) is 26.2 Å². The summed E-state index contributed by atoms with van der Waals surface area (Å²) in [5.41, 5.74) is 7.30. The van der Waals surface area contributed by atoms with Gasteiger partial charge in [-0.15, -0.1) is 5.10 Å². The molecule has 0 fully saturated rings. The zero-order chi connectivity index (χ0) is 25.1. The highest BCUT2D eigenvalue weighted by Crippen LogP contribution is 2.21. The molecule has 0 atom stereocenters. The van der Waals surface area contributed by atoms with Crippen molar-refractivity contribution in [2.24, 2.45) is 0 Å². The third-order valence-electron chi connectivity index (χ3n) is 6.59. The summed E-state index contributed by atoms with van der Waals surface area (Å²) in [7, 11) is 0. The van der Waals surface area contributed by atoms with Crippen LogP contribution in [0.1, 0.15) is 39.2 Å². The minimum absolute atomic E-state index is 0.0611. The van der Waals surface area contributed by atoms with Gasteiger partial charge < -0.3 is 4.98 Å². The minimum atomic E-state index is -0.0611. The van der Waals surface area contributed by atoms with E-state index < -0.39 is 0 Å². The maximum atomic E-state index is 13.1. The Bertz CT molecular complexity index is 1540. The molecule has 7 nitrogen and oxygen atoms in total. The summed E-state index contributed by atoms with van der Waals surface area (Å²) >= 11 is 0. The smallest absolute Gasteiger partial charge is 0.252 e. The van der Waals surface area contributed by atoms with E-state index in [1.807, 2.05) is 41.9 Å². The van der Waals surface area contributed by atoms with Crippen LogP contribution in [-0.2, 0) is 26.2 Å². The lowest BCUT2D eigenvalue weighted by Crippen LogP contribution is -2.28. The molecular formula is C29H30N6O. The van der Waals surface area contributed by atoms with Gasteiger partial charge in [0.2, 0.25) is 0 Å². The van der Waals surface area contributed by atoms with Crippen LogP contribution < -0.4 is 5.56 Å². The molecule has 0 saturated carbocycles. The summed E-state index contributed by atoms with van der Waals surface area (Å²) in [6.07, 6.45) is 0. The number of aromatic amines is 1. The van der Waals surface area contributed by atoms with Crippen LogP contribution in [0.5, 0.6) is 0 Å². The van der Waals surface area contributed by atoms with Crippen LogP contribution in [0, 0.1) is 20.8 Å². The Morgan fingerprint density at radius 1 is 0.833 bits per heavy atom. The Kier molecular flexibility index (Phi) is 6.73. The van der Waals surface area contributed by atoms with Crippen molar-refractivity contribution < 1.29 is 0 Å². The van der Waals surface area contributed by atoms with E-state index in [4.69, 9.17) is 0 Å². The van der Waals surface area contributed by atoms with Crippen molar-refractivity contribution in [1.82, 2.24) is 30.1 Å². The lowest BCUT2D eigenvalue weighted by Gasteiger charge is -2.22. The highest BCUT2D eigenvalue weighted by atomic mass is 16.1. The summed E-state index contributed by atoms with van der Waals surface area (Å²) in [5.74, 6) is 0.759. The lowest BCUT2D eigenvalue weighted by atomic mass is 10.0. The number of aromatic nitrogens is 5. The number of rotatable bonds is 8. The first-order valence-corrected chi connectivity index (χ1v) is 12.2. The van der Waals surface area contributed by atoms with Crippen LogP contribution >= 0.6 is 0 Å². The third-order valence-corrected chi connectivity index (χ3v) is 6.59. The van der Waals surface area contributed by atoms with Gasteiger partial charge in [-0.3, -0.25) is 9.69 Å². The average Bonchev–Trinajstić information content (AvgIpc) is 3.30. The van der Waals surface area contributed by atoms with Crippen molar-refractivity contribution in [2.75, 3.05) is 0 Å². The number of nitrogens with one attached hydrogen (secondary N) is 1. The molecule has 0 aliphatic heterocycles. The Balaban J connectivity index is 1.47. The number of fused-ring (bicyclic) bond motifs is 1. The zero-order valence-electron chi connectivity index (χ0n) is 20.9. The highest BCUT2D eigenvalue weighted by molar-refractivity contribution is 5.85. The second kappa shape index (κ2) is 10.3. The first kappa shape index (κ1) is 23.6. The average molecular weight is 479 g/mol. The van der Waals surface area contributed by atoms with Gasteiger partial charge in [0, 0.05) is 24.0 Å². The van der Waals surface area contributed by atoms with Gasteiger partial charge in [-0.1, -0.05) is 72.3 Å². The Morgan fingerprint density at radius 3 is 2.36 bits per heavy atom. The molecule has 0 spiro atoms. The summed E-state index contributed by atoms with van der Waals surface area (Å²) in [6, 6.07) is 24.8. The summed E-state index contributed by atoms with van der Waals surface area (Å²) in [6.45, 7) is 8.43. The second-order valence-corrected chi connectivity index (χ2v) is 9.48. The largest absolute Gasteiger partial charge is 0.321 e. The van der Waals surface area contributed by atoms with E-state index in [0.717, 1.165) is 39.0 Å². The molecule has 2 heterocycles. The number of H-pyrrole nitrogens is 1. The number of nitrogens with zero attached hydrogens (tertiary/aromatic N) is 5. The fourth-order valence-electron chi connectivity index (χ4n) is 4.51. The van der Waals surface area contributed by atoms with Gasteiger partial charge in [-0.25, -0.2) is 4.68 Å². The monoisotopic (exact) mass is 478 g/mol. The molecule has 3 aromatic carbocycles. The van der Waals surface area contributed by atoms with Gasteiger partial charge in [0.05, 0.1) is 18.6 Å². The van der Waals surface area contributed by atoms with E-state index in [1.54, 1.807) is 0 Å². The van der Waals surface area contributed by atoms with Crippen LogP contribution in [0.15, 0.2) is 77.6 Å². The van der Waals surface area contributed by atoms with Crippen molar-refractivity contribution in [1.29, 1.82) is 0 Å². The fraction of sp³-hybridized carbons (Fsp3) is 0.241. The summed E-state index contributed by atoms with van der Waals surface area (Å²) in [5, 5.41) is 13.6. The molecule has 0 aliphatic carbocycles. The molecule has 182 valence electrons. The van der Waals surface area contributed by atoms with Gasteiger partial charge in [0.15, 0.2) is 5.82 Å². The Labute approximate surface area is 210 Å². The van der Waals surface area contributed by atoms with Gasteiger partial charge in [-0.05, 0) is 59.5 Å². The molecule has 5 rings (SSSR count). The molecule has 7 heteroatoms. The van der Waals surface area contributed by atoms with Crippen molar-refractivity contribution in [2.45, 2.75) is 47.0 Å². The molecule has 0 amide bonds. The molecule has 0 aliphatic rings. The predicted octanol–water partition coefficient (Wildman–Crippen LogP) is 4.69. The van der Waals surface area contributed by atoms with Crippen molar-refractivity contribution in [3.8, 4) is 0 Å². The first-order chi connectivity index (χ1) is 17.5. The second-order valence-electron chi connectivity index (χ2n) is 9.48. The van der Waals surface area contributed by atoms with Gasteiger partial charge in [-0.2, -0.15) is 0 Å². The van der Waals surface area contributed by atoms with Crippen molar-refractivity contribution in [3.05, 3.63) is 122 Å². The van der Waals surface area contributed by atoms with E-state index in [1.165, 1.54) is 11.1 Å². The van der Waals surface area contributed by atoms with E-state index in [9.17, 15) is 4.79 Å². The minimum Gasteiger partial charge on any atom is -0.321 e. The first-order valence-electron chi connectivity index (χ1n) is 12.2. The molecule has 0 bridgehead atoms. The molecule has 5 aromatic rings. The quantitative estimate of drug-likeness (QED) is 0.350. The number of hydrogen-bond donors (Lipinski definition) is 1. The third kappa shape index (κ3) is 5.26. The Morgan fingerprint density at radius 2 is 1.58 bits per heavy atom. The van der Waals surface area contributed by atoms with Gasteiger partial charge in [0.1, 0.15) is 0 Å². The Hall–Kier alpha value is -4.10. The molecular weight excluding hydrogens is 448 g/mol. The lowest BCUT2D eigenvalue weighted by molar-refractivity contribution is 0.236. The van der Waals surface area contributed by atoms with Crippen LogP contribution in [-0.4, -0.2) is 30.1 Å². The van der Waals surface area contributed by atoms with E-state index in [-0.39, 0.29) is 5.56 Å². The summed E-state index contributed by atoms with van der Waals surface area (Å²) < 4.78 is 1.83. The number of aryl methyl sites for hydroxylation is 3. The number of pyridine rings is 1. The van der Waals surface area contributed by atoms with Gasteiger partial charge in [0.25, 0.3) is 5.56 Å². The predicted molar refractivity (Wildman–Crippen MR) is 142 cm³/mol. The van der Waals surface area contributed by atoms with Crippen molar-refractivity contribution in [3.63, 3.8) is 0 Å². The number of tetrazole rings is 1. The maximum absolute atomic E-state index is 13.1. The molecule has 1 N–H and O–H groups in total. The zero-order valence-corrected chi connectivity index (χ0v) is 20.9. The van der Waals surface area contributed by atoms with E-state index in [2.05, 4.69) is 81.7 Å². The van der Waals surface area contributed by atoms with Crippen molar-refractivity contribution >= 4 is 10.9 Å². The van der Waals surface area contributed by atoms with Crippen LogP contribution in [0.4, 0.5) is 0 Å². The molecule has 0 radical (unpaired) electrons. The van der Waals surface area contributed by atoms with Gasteiger partial charge >= 0.3 is 0 Å². The van der Waals surface area contributed by atoms with Crippen LogP contribution in [0.25, 0.3) is 10.9 Å². The highest BCUT2D eigenvalue weighted by Gasteiger charge is 2.17. The molecule has 0 saturated heterocycles. The molecule has 2 aromatic heterocycles. The topological polar surface area (TPSA) is 79.7 Å². The standard InChI is InChI=1S/C29H30N6O/c1-20-9-13-24(14-10-20)16-34(19-27-31-32-33-35(27)17-23-7-5-4-6-8-23)18-25-15-26-21(2)11-12-22(3)28(26)30-29(25)36/h4-15H,16-19H2,1-3H3,(H,30,36). The number of benzene rings is 3. The van der Waals surface area contributed by atoms with Crippen LogP contribution in [0.2, 0.25) is 0 Å². The van der Waals surface area contributed by atoms with E-state index >= 15 is 0 Å². The summed E-state index contributed by atoms with van der Waals surface area (Å²) in [4.78, 5) is 18.5. The SMILES string of the molecule is Cc1ccc(CN(Cc2cc3c(C)ccc(C)c3[nH]c2=O)Cc2nnnn2Cc2ccccc2)cc1. The van der Waals surface area contributed by atoms with Crippen LogP contribution in [0.3, 0.4) is 0 Å².